The predicted molar refractivity (Wildman–Crippen MR) is 52.8 cm³/mol. The second-order valence-corrected chi connectivity index (χ2v) is 2.56. The van der Waals surface area contributed by atoms with E-state index in [2.05, 4.69) is 0 Å². The van der Waals surface area contributed by atoms with E-state index in [9.17, 15) is 4.79 Å². The Hall–Kier alpha value is -2.27. The van der Waals surface area contributed by atoms with Gasteiger partial charge in [-0.3, -0.25) is 4.79 Å². The van der Waals surface area contributed by atoms with Gasteiger partial charge in [0.05, 0.1) is 17.9 Å². The van der Waals surface area contributed by atoms with Gasteiger partial charge in [-0.15, -0.1) is 0 Å². The van der Waals surface area contributed by atoms with Crippen LogP contribution in [0.5, 0.6) is 0 Å². The highest BCUT2D eigenvalue weighted by Crippen LogP contribution is 2.08. The van der Waals surface area contributed by atoms with Crippen molar-refractivity contribution in [2.24, 2.45) is 5.73 Å². The molecule has 0 aromatic rings. The van der Waals surface area contributed by atoms with Crippen molar-refractivity contribution in [2.75, 3.05) is 6.61 Å². The number of ether oxygens (including phenoxy) is 1. The first-order chi connectivity index (χ1) is 7.06. The number of carbonyl (C=O) groups excluding carboxylic acids is 1. The van der Waals surface area contributed by atoms with E-state index >= 15 is 0 Å². The lowest BCUT2D eigenvalue weighted by molar-refractivity contribution is -0.114. The molecule has 0 rings (SSSR count). The molecule has 0 aliphatic carbocycles. The second kappa shape index (κ2) is 6.22. The first kappa shape index (κ1) is 12.7. The maximum atomic E-state index is 10.8. The van der Waals surface area contributed by atoms with Crippen LogP contribution in [0.25, 0.3) is 0 Å². The predicted octanol–water partition coefficient (Wildman–Crippen LogP) is 0.756. The van der Waals surface area contributed by atoms with Gasteiger partial charge in [0.15, 0.2) is 0 Å². The number of rotatable bonds is 4. The Morgan fingerprint density at radius 1 is 1.47 bits per heavy atom. The lowest BCUT2D eigenvalue weighted by Gasteiger charge is -2.01. The van der Waals surface area contributed by atoms with Crippen molar-refractivity contribution in [3.8, 4) is 12.1 Å². The van der Waals surface area contributed by atoms with Crippen LogP contribution in [0, 0.1) is 22.7 Å². The molecule has 0 bridgehead atoms. The largest absolute Gasteiger partial charge is 0.498 e. The van der Waals surface area contributed by atoms with Crippen molar-refractivity contribution < 1.29 is 9.53 Å². The average molecular weight is 205 g/mol. The van der Waals surface area contributed by atoms with E-state index in [1.165, 1.54) is 6.08 Å². The molecule has 5 nitrogen and oxygen atoms in total. The van der Waals surface area contributed by atoms with Crippen molar-refractivity contribution >= 4 is 5.91 Å². The van der Waals surface area contributed by atoms with Crippen LogP contribution in [0.1, 0.15) is 13.8 Å². The molecule has 0 atom stereocenters. The van der Waals surface area contributed by atoms with Crippen LogP contribution in [-0.2, 0) is 9.53 Å². The van der Waals surface area contributed by atoms with Crippen molar-refractivity contribution in [1.82, 2.24) is 0 Å². The van der Waals surface area contributed by atoms with Crippen LogP contribution in [0.15, 0.2) is 23.0 Å². The lowest BCUT2D eigenvalue weighted by Crippen LogP contribution is -2.14. The summed E-state index contributed by atoms with van der Waals surface area (Å²) in [5, 5.41) is 17.3. The van der Waals surface area contributed by atoms with Crippen LogP contribution in [0.4, 0.5) is 0 Å². The number of nitrogens with zero attached hydrogens (tertiary/aromatic N) is 2. The third-order valence-electron chi connectivity index (χ3n) is 1.47. The zero-order valence-corrected chi connectivity index (χ0v) is 8.57. The Labute approximate surface area is 88.0 Å². The molecule has 78 valence electrons. The molecular weight excluding hydrogens is 194 g/mol. The van der Waals surface area contributed by atoms with Gasteiger partial charge < -0.3 is 10.5 Å². The van der Waals surface area contributed by atoms with Gasteiger partial charge in [-0.1, -0.05) is 0 Å². The minimum Gasteiger partial charge on any atom is -0.498 e. The maximum absolute atomic E-state index is 10.8. The molecular formula is C10H11N3O2. The summed E-state index contributed by atoms with van der Waals surface area (Å²) in [6, 6.07) is 3.31. The Balaban J connectivity index is 5.26. The minimum atomic E-state index is -0.922. The van der Waals surface area contributed by atoms with Gasteiger partial charge in [0.25, 0.3) is 5.91 Å². The van der Waals surface area contributed by atoms with Gasteiger partial charge in [0.1, 0.15) is 17.7 Å². The van der Waals surface area contributed by atoms with E-state index in [1.807, 2.05) is 0 Å². The number of amides is 1. The summed E-state index contributed by atoms with van der Waals surface area (Å²) in [6.07, 6.45) is 1.31. The summed E-state index contributed by atoms with van der Waals surface area (Å²) < 4.78 is 5.06. The topological polar surface area (TPSA) is 99.9 Å². The molecule has 0 aliphatic heterocycles. The summed E-state index contributed by atoms with van der Waals surface area (Å²) in [5.74, 6) is -0.474. The Morgan fingerprint density at radius 3 is 2.40 bits per heavy atom. The molecule has 15 heavy (non-hydrogen) atoms. The Morgan fingerprint density at radius 2 is 2.07 bits per heavy atom. The molecule has 0 radical (unpaired) electrons. The first-order valence-corrected chi connectivity index (χ1v) is 4.22. The number of nitriles is 2. The van der Waals surface area contributed by atoms with Crippen molar-refractivity contribution in [1.29, 1.82) is 10.5 Å². The minimum absolute atomic E-state index is 0.0871. The van der Waals surface area contributed by atoms with E-state index in [4.69, 9.17) is 21.0 Å². The first-order valence-electron chi connectivity index (χ1n) is 4.22. The van der Waals surface area contributed by atoms with Crippen LogP contribution < -0.4 is 5.73 Å². The summed E-state index contributed by atoms with van der Waals surface area (Å²) in [6.45, 7) is 3.85. The third-order valence-corrected chi connectivity index (χ3v) is 1.47. The number of carbonyl (C=O) groups is 1. The van der Waals surface area contributed by atoms with Crippen LogP contribution in [0.2, 0.25) is 0 Å². The molecule has 0 unspecified atom stereocenters. The van der Waals surface area contributed by atoms with Crippen molar-refractivity contribution in [3.05, 3.63) is 23.0 Å². The number of hydrogen-bond donors (Lipinski definition) is 1. The van der Waals surface area contributed by atoms with Gasteiger partial charge >= 0.3 is 0 Å². The molecule has 1 amide bonds. The number of hydrogen-bond acceptors (Lipinski definition) is 4. The normalized spacial score (nSPS) is 12.1. The molecule has 2 N–H and O–H groups in total. The highest BCUT2D eigenvalue weighted by Gasteiger charge is 2.10. The number of nitrogens with two attached hydrogens (primary N) is 1. The van der Waals surface area contributed by atoms with E-state index in [1.54, 1.807) is 26.0 Å². The molecule has 0 aromatic heterocycles. The van der Waals surface area contributed by atoms with E-state index in [-0.39, 0.29) is 11.1 Å². The molecule has 5 heteroatoms. The van der Waals surface area contributed by atoms with Crippen LogP contribution in [-0.4, -0.2) is 12.5 Å². The molecule has 0 aromatic carbocycles. The highest BCUT2D eigenvalue weighted by atomic mass is 16.5. The van der Waals surface area contributed by atoms with Gasteiger partial charge in [-0.05, 0) is 19.9 Å². The zero-order valence-electron chi connectivity index (χ0n) is 8.57. The van der Waals surface area contributed by atoms with Gasteiger partial charge in [0.2, 0.25) is 0 Å². The summed E-state index contributed by atoms with van der Waals surface area (Å²) >= 11 is 0. The van der Waals surface area contributed by atoms with E-state index < -0.39 is 5.91 Å². The fraction of sp³-hybridized carbons (Fsp3) is 0.300. The highest BCUT2D eigenvalue weighted by molar-refractivity contribution is 5.98. The number of primary amides is 1. The monoisotopic (exact) mass is 205 g/mol. The number of allylic oxidation sites excluding steroid dienone is 3. The summed E-state index contributed by atoms with van der Waals surface area (Å²) in [5.41, 5.74) is 4.48. The summed E-state index contributed by atoms with van der Waals surface area (Å²) in [7, 11) is 0. The van der Waals surface area contributed by atoms with Gasteiger partial charge in [-0.25, -0.2) is 0 Å². The van der Waals surface area contributed by atoms with Crippen LogP contribution in [0.3, 0.4) is 0 Å². The van der Waals surface area contributed by atoms with E-state index in [0.717, 1.165) is 0 Å². The SMILES string of the molecule is CCO/C(C)=C\C(C#N)=C(\C#N)C(N)=O. The van der Waals surface area contributed by atoms with Crippen LogP contribution >= 0.6 is 0 Å². The molecule has 0 aliphatic rings. The molecule has 0 fully saturated rings. The van der Waals surface area contributed by atoms with E-state index in [0.29, 0.717) is 12.4 Å². The molecule has 0 spiro atoms. The standard InChI is InChI=1S/C10H11N3O2/c1-3-15-7(2)4-8(5-11)9(6-12)10(13)14/h4H,3H2,1-2H3,(H2,13,14)/b7-4-,9-8+. The summed E-state index contributed by atoms with van der Waals surface area (Å²) in [4.78, 5) is 10.8. The van der Waals surface area contributed by atoms with Crippen molar-refractivity contribution in [2.45, 2.75) is 13.8 Å². The zero-order chi connectivity index (χ0) is 11.8. The van der Waals surface area contributed by atoms with Gasteiger partial charge in [0, 0.05) is 0 Å². The fourth-order valence-electron chi connectivity index (χ4n) is 0.881. The second-order valence-electron chi connectivity index (χ2n) is 2.56. The quantitative estimate of drug-likeness (QED) is 0.317. The van der Waals surface area contributed by atoms with Crippen molar-refractivity contribution in [3.63, 3.8) is 0 Å². The molecule has 0 heterocycles. The average Bonchev–Trinajstić information content (AvgIpc) is 2.17. The molecule has 0 saturated carbocycles. The van der Waals surface area contributed by atoms with Gasteiger partial charge in [-0.2, -0.15) is 10.5 Å². The Bertz CT molecular complexity index is 394. The lowest BCUT2D eigenvalue weighted by atomic mass is 10.1. The fourth-order valence-corrected chi connectivity index (χ4v) is 0.881. The third kappa shape index (κ3) is 3.97. The Kier molecular flexibility index (Phi) is 5.28. The smallest absolute Gasteiger partial charge is 0.260 e. The molecule has 0 saturated heterocycles. The maximum Gasteiger partial charge on any atom is 0.260 e.